The maximum absolute atomic E-state index is 9.52. The van der Waals surface area contributed by atoms with Crippen LogP contribution in [0.1, 0.15) is 16.7 Å². The number of hydrogen-bond donors (Lipinski definition) is 0. The molecule has 0 aliphatic heterocycles. The van der Waals surface area contributed by atoms with Crippen molar-refractivity contribution in [2.75, 3.05) is 0 Å². The summed E-state index contributed by atoms with van der Waals surface area (Å²) in [6, 6.07) is 29.5. The van der Waals surface area contributed by atoms with Crippen LogP contribution in [0.15, 0.2) is 84.9 Å². The molecule has 4 heteroatoms. The number of benzene rings is 4. The predicted molar refractivity (Wildman–Crippen MR) is 125 cm³/mol. The molecule has 0 aliphatic rings. The zero-order valence-electron chi connectivity index (χ0n) is 16.0. The molecule has 0 amide bonds. The van der Waals surface area contributed by atoms with Gasteiger partial charge in [0, 0.05) is 0 Å². The molecule has 0 radical (unpaired) electrons. The molecule has 0 atom stereocenters. The molecule has 4 rings (SSSR count). The molecule has 4 aromatic rings. The van der Waals surface area contributed by atoms with Crippen LogP contribution in [0, 0.1) is 11.3 Å². The van der Waals surface area contributed by atoms with E-state index in [1.54, 1.807) is 18.2 Å². The number of halogens is 2. The van der Waals surface area contributed by atoms with Crippen molar-refractivity contribution in [3.05, 3.63) is 112 Å². The third kappa shape index (κ3) is 4.33. The van der Waals surface area contributed by atoms with Crippen LogP contribution in [0.25, 0.3) is 22.4 Å². The van der Waals surface area contributed by atoms with Gasteiger partial charge in [0.05, 0.1) is 21.7 Å². The summed E-state index contributed by atoms with van der Waals surface area (Å²) in [6.45, 7) is 0.351. The van der Waals surface area contributed by atoms with E-state index in [-0.39, 0.29) is 0 Å². The molecule has 0 N–H and O–H groups in total. The van der Waals surface area contributed by atoms with Gasteiger partial charge in [0.15, 0.2) is 5.75 Å². The van der Waals surface area contributed by atoms with Crippen LogP contribution >= 0.6 is 23.2 Å². The zero-order valence-corrected chi connectivity index (χ0v) is 17.5. The van der Waals surface area contributed by atoms with Crippen LogP contribution in [0.5, 0.6) is 5.75 Å². The number of allylic oxidation sites excluding steroid dienone is 1. The van der Waals surface area contributed by atoms with Gasteiger partial charge in [-0.3, -0.25) is 0 Å². The first kappa shape index (κ1) is 20.0. The van der Waals surface area contributed by atoms with Crippen LogP contribution < -0.4 is 4.74 Å². The lowest BCUT2D eigenvalue weighted by molar-refractivity contribution is 0.308. The van der Waals surface area contributed by atoms with Crippen LogP contribution in [0.2, 0.25) is 10.0 Å². The van der Waals surface area contributed by atoms with Crippen LogP contribution in [-0.4, -0.2) is 0 Å². The van der Waals surface area contributed by atoms with Crippen molar-refractivity contribution in [3.8, 4) is 11.8 Å². The Morgan fingerprint density at radius 1 is 0.867 bits per heavy atom. The predicted octanol–water partition coefficient (Wildman–Crippen LogP) is 7.79. The topological polar surface area (TPSA) is 33.0 Å². The summed E-state index contributed by atoms with van der Waals surface area (Å²) in [6.07, 6.45) is 1.77. The lowest BCUT2D eigenvalue weighted by Crippen LogP contribution is -1.98. The van der Waals surface area contributed by atoms with Gasteiger partial charge in [0.25, 0.3) is 0 Å². The molecule has 30 heavy (non-hydrogen) atoms. The van der Waals surface area contributed by atoms with E-state index in [2.05, 4.69) is 24.3 Å². The second kappa shape index (κ2) is 9.05. The Morgan fingerprint density at radius 2 is 1.53 bits per heavy atom. The minimum Gasteiger partial charge on any atom is -0.486 e. The normalized spacial score (nSPS) is 11.3. The number of nitriles is 1. The van der Waals surface area contributed by atoms with Crippen molar-refractivity contribution in [2.24, 2.45) is 0 Å². The molecule has 0 aromatic heterocycles. The molecule has 0 aliphatic carbocycles. The van der Waals surface area contributed by atoms with Crippen molar-refractivity contribution < 1.29 is 4.74 Å². The van der Waals surface area contributed by atoms with E-state index in [4.69, 9.17) is 27.9 Å². The second-order valence-electron chi connectivity index (χ2n) is 6.78. The highest BCUT2D eigenvalue weighted by atomic mass is 35.5. The molecule has 0 fully saturated rings. The van der Waals surface area contributed by atoms with Crippen molar-refractivity contribution in [1.29, 1.82) is 5.26 Å². The fourth-order valence-electron chi connectivity index (χ4n) is 3.33. The molecule has 0 spiro atoms. The van der Waals surface area contributed by atoms with Gasteiger partial charge in [0.1, 0.15) is 6.61 Å². The molecule has 0 saturated carbocycles. The summed E-state index contributed by atoms with van der Waals surface area (Å²) in [7, 11) is 0. The third-order valence-corrected chi connectivity index (χ3v) is 5.35. The van der Waals surface area contributed by atoms with Gasteiger partial charge >= 0.3 is 0 Å². The Kier molecular flexibility index (Phi) is 6.05. The Morgan fingerprint density at radius 3 is 2.27 bits per heavy atom. The zero-order chi connectivity index (χ0) is 20.9. The molecule has 0 saturated heterocycles. The standard InChI is InChI=1S/C26H17Cl2NO/c27-24-14-18(13-22(16-29)19-7-2-1-3-8-19)15-25(28)26(24)30-17-21-11-6-10-20-9-4-5-12-23(20)21/h1-15H,17H2/b22-13+. The average Bonchev–Trinajstić information content (AvgIpc) is 2.77. The van der Waals surface area contributed by atoms with E-state index in [1.807, 2.05) is 54.6 Å². The summed E-state index contributed by atoms with van der Waals surface area (Å²) < 4.78 is 5.98. The van der Waals surface area contributed by atoms with E-state index in [9.17, 15) is 5.26 Å². The van der Waals surface area contributed by atoms with E-state index < -0.39 is 0 Å². The van der Waals surface area contributed by atoms with Gasteiger partial charge in [-0.05, 0) is 45.7 Å². The third-order valence-electron chi connectivity index (χ3n) is 4.79. The molecule has 4 aromatic carbocycles. The smallest absolute Gasteiger partial charge is 0.157 e. The highest BCUT2D eigenvalue weighted by Gasteiger charge is 2.11. The largest absolute Gasteiger partial charge is 0.486 e. The number of rotatable bonds is 5. The molecular weight excluding hydrogens is 413 g/mol. The highest BCUT2D eigenvalue weighted by Crippen LogP contribution is 2.36. The number of nitrogens with zero attached hydrogens (tertiary/aromatic N) is 1. The quantitative estimate of drug-likeness (QED) is 0.239. The highest BCUT2D eigenvalue weighted by molar-refractivity contribution is 6.37. The van der Waals surface area contributed by atoms with Crippen molar-refractivity contribution in [2.45, 2.75) is 6.61 Å². The second-order valence-corrected chi connectivity index (χ2v) is 7.59. The van der Waals surface area contributed by atoms with Crippen molar-refractivity contribution >= 4 is 45.6 Å². The van der Waals surface area contributed by atoms with Gasteiger partial charge < -0.3 is 4.74 Å². The summed E-state index contributed by atoms with van der Waals surface area (Å²) in [5.74, 6) is 0.432. The SMILES string of the molecule is N#C/C(=C\c1cc(Cl)c(OCc2cccc3ccccc23)c(Cl)c1)c1ccccc1. The Labute approximate surface area is 185 Å². The summed E-state index contributed by atoms with van der Waals surface area (Å²) in [5.41, 5.74) is 3.17. The van der Waals surface area contributed by atoms with Crippen molar-refractivity contribution in [3.63, 3.8) is 0 Å². The van der Waals surface area contributed by atoms with Gasteiger partial charge in [-0.15, -0.1) is 0 Å². The maximum atomic E-state index is 9.52. The first-order chi connectivity index (χ1) is 14.7. The molecular formula is C26H17Cl2NO. The van der Waals surface area contributed by atoms with Crippen molar-refractivity contribution in [1.82, 2.24) is 0 Å². The lowest BCUT2D eigenvalue weighted by Gasteiger charge is -2.13. The summed E-state index contributed by atoms with van der Waals surface area (Å²) in [5, 5.41) is 12.6. The number of hydrogen-bond acceptors (Lipinski definition) is 2. The van der Waals surface area contributed by atoms with Gasteiger partial charge in [-0.2, -0.15) is 5.26 Å². The van der Waals surface area contributed by atoms with Gasteiger partial charge in [-0.25, -0.2) is 0 Å². The Hall–Kier alpha value is -3.25. The fraction of sp³-hybridized carbons (Fsp3) is 0.0385. The monoisotopic (exact) mass is 429 g/mol. The molecule has 0 heterocycles. The van der Waals surface area contributed by atoms with E-state index in [0.29, 0.717) is 28.0 Å². The van der Waals surface area contributed by atoms with Crippen LogP contribution in [0.3, 0.4) is 0 Å². The molecule has 0 unspecified atom stereocenters. The number of fused-ring (bicyclic) bond motifs is 1. The average molecular weight is 430 g/mol. The maximum Gasteiger partial charge on any atom is 0.157 e. The van der Waals surface area contributed by atoms with Crippen LogP contribution in [-0.2, 0) is 6.61 Å². The van der Waals surface area contributed by atoms with E-state index in [1.165, 1.54) is 0 Å². The lowest BCUT2D eigenvalue weighted by atomic mass is 10.0. The summed E-state index contributed by atoms with van der Waals surface area (Å²) in [4.78, 5) is 0. The van der Waals surface area contributed by atoms with Gasteiger partial charge in [0.2, 0.25) is 0 Å². The Balaban J connectivity index is 1.60. The summed E-state index contributed by atoms with van der Waals surface area (Å²) >= 11 is 12.9. The van der Waals surface area contributed by atoms with E-state index in [0.717, 1.165) is 27.5 Å². The van der Waals surface area contributed by atoms with Gasteiger partial charge in [-0.1, -0.05) is 96.0 Å². The first-order valence-corrected chi connectivity index (χ1v) is 10.2. The minimum atomic E-state index is 0.351. The first-order valence-electron chi connectivity index (χ1n) is 9.41. The minimum absolute atomic E-state index is 0.351. The Bertz CT molecular complexity index is 1240. The van der Waals surface area contributed by atoms with Crippen LogP contribution in [0.4, 0.5) is 0 Å². The number of ether oxygens (including phenoxy) is 1. The fourth-order valence-corrected chi connectivity index (χ4v) is 3.95. The molecule has 146 valence electrons. The molecule has 2 nitrogen and oxygen atoms in total. The van der Waals surface area contributed by atoms with E-state index >= 15 is 0 Å². The molecule has 0 bridgehead atoms.